The van der Waals surface area contributed by atoms with Crippen molar-refractivity contribution in [1.82, 2.24) is 25.4 Å². The molecule has 1 aromatic rings. The molecule has 0 aromatic carbocycles. The van der Waals surface area contributed by atoms with Gasteiger partial charge in [-0.3, -0.25) is 4.79 Å². The third-order valence-corrected chi connectivity index (χ3v) is 4.28. The van der Waals surface area contributed by atoms with Gasteiger partial charge in [-0.25, -0.2) is 0 Å². The first-order valence-corrected chi connectivity index (χ1v) is 6.75. The third kappa shape index (κ3) is 1.63. The molecular formula is C12H17N5O. The van der Waals surface area contributed by atoms with Crippen LogP contribution in [0.3, 0.4) is 0 Å². The lowest BCUT2D eigenvalue weighted by Gasteiger charge is -2.25. The van der Waals surface area contributed by atoms with Crippen LogP contribution in [0.5, 0.6) is 0 Å². The van der Waals surface area contributed by atoms with E-state index in [0.29, 0.717) is 23.7 Å². The zero-order valence-electron chi connectivity index (χ0n) is 10.2. The predicted molar refractivity (Wildman–Crippen MR) is 64.1 cm³/mol. The number of aromatic nitrogens is 3. The van der Waals surface area contributed by atoms with Crippen LogP contribution in [0, 0.1) is 11.8 Å². The first-order chi connectivity index (χ1) is 8.81. The van der Waals surface area contributed by atoms with E-state index < -0.39 is 0 Å². The summed E-state index contributed by atoms with van der Waals surface area (Å²) in [6.45, 7) is 3.00. The number of carbonyl (C=O) groups excluding carboxylic acids is 1. The van der Waals surface area contributed by atoms with Crippen molar-refractivity contribution in [3.8, 4) is 0 Å². The molecule has 2 N–H and O–H groups in total. The molecule has 1 saturated heterocycles. The van der Waals surface area contributed by atoms with Gasteiger partial charge in [0.05, 0.1) is 0 Å². The minimum Gasteiger partial charge on any atom is -0.347 e. The fraction of sp³-hybridized carbons (Fsp3) is 0.750. The highest BCUT2D eigenvalue weighted by molar-refractivity contribution is 5.91. The van der Waals surface area contributed by atoms with Crippen molar-refractivity contribution in [1.29, 1.82) is 0 Å². The van der Waals surface area contributed by atoms with Gasteiger partial charge in [0.25, 0.3) is 5.91 Å². The zero-order valence-corrected chi connectivity index (χ0v) is 10.2. The van der Waals surface area contributed by atoms with E-state index in [1.807, 2.05) is 4.57 Å². The van der Waals surface area contributed by atoms with Crippen LogP contribution in [-0.4, -0.2) is 39.8 Å². The van der Waals surface area contributed by atoms with Crippen LogP contribution < -0.4 is 10.6 Å². The normalized spacial score (nSPS) is 29.8. The van der Waals surface area contributed by atoms with Gasteiger partial charge in [-0.15, -0.1) is 10.2 Å². The Bertz CT molecular complexity index is 493. The molecular weight excluding hydrogens is 230 g/mol. The van der Waals surface area contributed by atoms with Crippen molar-refractivity contribution < 1.29 is 4.79 Å². The second-order valence-corrected chi connectivity index (χ2v) is 5.68. The van der Waals surface area contributed by atoms with Crippen molar-refractivity contribution in [3.63, 3.8) is 0 Å². The van der Waals surface area contributed by atoms with Gasteiger partial charge in [0.15, 0.2) is 0 Å². The summed E-state index contributed by atoms with van der Waals surface area (Å²) >= 11 is 0. The largest absolute Gasteiger partial charge is 0.347 e. The fourth-order valence-electron chi connectivity index (χ4n) is 3.03. The molecule has 4 rings (SSSR count). The minimum atomic E-state index is -0.0549. The highest BCUT2D eigenvalue weighted by Crippen LogP contribution is 2.28. The Morgan fingerprint density at radius 2 is 2.11 bits per heavy atom. The van der Waals surface area contributed by atoms with Gasteiger partial charge in [-0.1, -0.05) is 0 Å². The number of rotatable bonds is 2. The molecule has 0 bridgehead atoms. The molecule has 2 fully saturated rings. The number of fused-ring (bicyclic) bond motifs is 2. The maximum atomic E-state index is 12.1. The van der Waals surface area contributed by atoms with Crippen molar-refractivity contribution >= 4 is 5.91 Å². The number of nitrogens with zero attached hydrogens (tertiary/aromatic N) is 3. The number of hydrogen-bond acceptors (Lipinski definition) is 4. The van der Waals surface area contributed by atoms with Crippen LogP contribution in [0.1, 0.15) is 29.3 Å². The monoisotopic (exact) mass is 247 g/mol. The average molecular weight is 247 g/mol. The number of amides is 1. The Morgan fingerprint density at radius 3 is 2.94 bits per heavy atom. The summed E-state index contributed by atoms with van der Waals surface area (Å²) in [6, 6.07) is 0.370. The molecule has 0 radical (unpaired) electrons. The Labute approximate surface area is 105 Å². The van der Waals surface area contributed by atoms with Crippen LogP contribution >= 0.6 is 0 Å². The quantitative estimate of drug-likeness (QED) is 0.743. The lowest BCUT2D eigenvalue weighted by atomic mass is 9.89. The van der Waals surface area contributed by atoms with Crippen LogP contribution in [0.15, 0.2) is 0 Å². The van der Waals surface area contributed by atoms with Gasteiger partial charge in [0.1, 0.15) is 5.82 Å². The van der Waals surface area contributed by atoms with E-state index in [1.54, 1.807) is 0 Å². The summed E-state index contributed by atoms with van der Waals surface area (Å²) in [4.78, 5) is 12.1. The molecule has 1 aliphatic carbocycles. The molecule has 96 valence electrons. The van der Waals surface area contributed by atoms with E-state index in [0.717, 1.165) is 44.7 Å². The highest BCUT2D eigenvalue weighted by Gasteiger charge is 2.36. The summed E-state index contributed by atoms with van der Waals surface area (Å²) in [6.07, 6.45) is 3.14. The molecule has 0 spiro atoms. The topological polar surface area (TPSA) is 71.8 Å². The maximum absolute atomic E-state index is 12.1. The maximum Gasteiger partial charge on any atom is 0.289 e. The molecule has 6 nitrogen and oxygen atoms in total. The Morgan fingerprint density at radius 1 is 1.28 bits per heavy atom. The van der Waals surface area contributed by atoms with Crippen LogP contribution in [0.2, 0.25) is 0 Å². The summed E-state index contributed by atoms with van der Waals surface area (Å²) < 4.78 is 2.02. The van der Waals surface area contributed by atoms with E-state index in [-0.39, 0.29) is 5.91 Å². The summed E-state index contributed by atoms with van der Waals surface area (Å²) in [5.74, 6) is 2.71. The van der Waals surface area contributed by atoms with Gasteiger partial charge in [-0.05, 0) is 37.8 Å². The Hall–Kier alpha value is -1.43. The van der Waals surface area contributed by atoms with Crippen LogP contribution in [-0.2, 0) is 13.0 Å². The second kappa shape index (κ2) is 3.78. The molecule has 1 saturated carbocycles. The van der Waals surface area contributed by atoms with Gasteiger partial charge >= 0.3 is 0 Å². The van der Waals surface area contributed by atoms with E-state index in [9.17, 15) is 4.79 Å². The van der Waals surface area contributed by atoms with Crippen LogP contribution in [0.4, 0.5) is 0 Å². The zero-order chi connectivity index (χ0) is 12.1. The Balaban J connectivity index is 1.60. The average Bonchev–Trinajstić information content (AvgIpc) is 2.91. The predicted octanol–water partition coefficient (Wildman–Crippen LogP) is -0.438. The van der Waals surface area contributed by atoms with Crippen molar-refractivity contribution in [3.05, 3.63) is 11.6 Å². The first-order valence-electron chi connectivity index (χ1n) is 6.75. The van der Waals surface area contributed by atoms with Gasteiger partial charge in [0, 0.05) is 19.0 Å². The molecule has 0 unspecified atom stereocenters. The molecule has 1 aromatic heterocycles. The number of hydrogen-bond donors (Lipinski definition) is 2. The van der Waals surface area contributed by atoms with Crippen molar-refractivity contribution in [2.45, 2.75) is 31.8 Å². The SMILES string of the molecule is O=C(NC1CC1)c1nnc2n1C[C@H]1CNC[C@H]1C2. The molecule has 18 heavy (non-hydrogen) atoms. The van der Waals surface area contributed by atoms with E-state index in [4.69, 9.17) is 0 Å². The van der Waals surface area contributed by atoms with E-state index >= 15 is 0 Å². The lowest BCUT2D eigenvalue weighted by molar-refractivity contribution is 0.0932. The minimum absolute atomic E-state index is 0.0549. The highest BCUT2D eigenvalue weighted by atomic mass is 16.2. The van der Waals surface area contributed by atoms with Gasteiger partial charge in [-0.2, -0.15) is 0 Å². The van der Waals surface area contributed by atoms with E-state index in [2.05, 4.69) is 20.8 Å². The molecule has 6 heteroatoms. The van der Waals surface area contributed by atoms with Crippen LogP contribution in [0.25, 0.3) is 0 Å². The fourth-order valence-corrected chi connectivity index (χ4v) is 3.03. The molecule has 3 aliphatic rings. The van der Waals surface area contributed by atoms with Crippen molar-refractivity contribution in [2.24, 2.45) is 11.8 Å². The smallest absolute Gasteiger partial charge is 0.289 e. The molecule has 2 atom stereocenters. The lowest BCUT2D eigenvalue weighted by Crippen LogP contribution is -2.33. The molecule has 1 amide bonds. The summed E-state index contributed by atoms with van der Waals surface area (Å²) in [7, 11) is 0. The third-order valence-electron chi connectivity index (χ3n) is 4.28. The van der Waals surface area contributed by atoms with Crippen molar-refractivity contribution in [2.75, 3.05) is 13.1 Å². The molecule has 3 heterocycles. The second-order valence-electron chi connectivity index (χ2n) is 5.68. The number of nitrogens with one attached hydrogen (secondary N) is 2. The summed E-state index contributed by atoms with van der Waals surface area (Å²) in [5.41, 5.74) is 0. The Kier molecular flexibility index (Phi) is 2.20. The van der Waals surface area contributed by atoms with E-state index in [1.165, 1.54) is 0 Å². The molecule has 2 aliphatic heterocycles. The first kappa shape index (κ1) is 10.5. The van der Waals surface area contributed by atoms with Gasteiger partial charge < -0.3 is 15.2 Å². The summed E-state index contributed by atoms with van der Waals surface area (Å²) in [5, 5.41) is 14.7. The number of carbonyl (C=O) groups is 1. The standard InChI is InChI=1S/C12H17N5O/c18-12(14-9-1-2-9)11-16-15-10-3-7-4-13-5-8(7)6-17(10)11/h7-9,13H,1-6H2,(H,14,18)/t7-,8-/m1/s1. The van der Waals surface area contributed by atoms with Gasteiger partial charge in [0.2, 0.25) is 5.82 Å².